The summed E-state index contributed by atoms with van der Waals surface area (Å²) in [4.78, 5) is 33.8. The number of hydrogen-bond donors (Lipinski definition) is 0. The van der Waals surface area contributed by atoms with Crippen LogP contribution in [0.2, 0.25) is 0 Å². The molecule has 2 fully saturated rings. The van der Waals surface area contributed by atoms with Gasteiger partial charge in [0, 0.05) is 49.4 Å². The Morgan fingerprint density at radius 1 is 1.17 bits per heavy atom. The maximum atomic E-state index is 12.7. The fourth-order valence-corrected chi connectivity index (χ4v) is 4.74. The lowest BCUT2D eigenvalue weighted by Gasteiger charge is -2.23. The van der Waals surface area contributed by atoms with Crippen molar-refractivity contribution in [1.82, 2.24) is 24.4 Å². The topological polar surface area (TPSA) is 70.8 Å². The third kappa shape index (κ3) is 3.82. The first kappa shape index (κ1) is 20.8. The average molecular weight is 412 g/mol. The lowest BCUT2D eigenvalue weighted by atomic mass is 10.1. The minimum Gasteiger partial charge on any atom is -0.343 e. The average Bonchev–Trinajstić information content (AvgIpc) is 3.30. The molecule has 162 valence electrons. The van der Waals surface area contributed by atoms with E-state index in [-0.39, 0.29) is 17.9 Å². The van der Waals surface area contributed by atoms with Crippen LogP contribution in [0.5, 0.6) is 0 Å². The molecular formula is C23H33N5O2. The summed E-state index contributed by atoms with van der Waals surface area (Å²) in [5.74, 6) is 0.714. The number of carbonyl (C=O) groups excluding carboxylic acids is 2. The Kier molecular flexibility index (Phi) is 5.80. The largest absolute Gasteiger partial charge is 0.343 e. The third-order valence-electron chi connectivity index (χ3n) is 6.69. The van der Waals surface area contributed by atoms with Crippen LogP contribution in [0.3, 0.4) is 0 Å². The molecule has 30 heavy (non-hydrogen) atoms. The Bertz CT molecular complexity index is 958. The van der Waals surface area contributed by atoms with Crippen LogP contribution in [-0.2, 0) is 16.0 Å². The molecule has 1 aliphatic heterocycles. The quantitative estimate of drug-likeness (QED) is 0.701. The summed E-state index contributed by atoms with van der Waals surface area (Å²) in [6.45, 7) is 10.4. The van der Waals surface area contributed by atoms with Gasteiger partial charge in [-0.2, -0.15) is 5.10 Å². The Balaban J connectivity index is 1.58. The zero-order chi connectivity index (χ0) is 21.4. The second-order valence-corrected chi connectivity index (χ2v) is 8.63. The van der Waals surface area contributed by atoms with Crippen LogP contribution in [0.25, 0.3) is 5.65 Å². The molecule has 0 N–H and O–H groups in total. The zero-order valence-electron chi connectivity index (χ0n) is 18.6. The number of carbonyl (C=O) groups is 2. The molecule has 1 saturated carbocycles. The van der Waals surface area contributed by atoms with Crippen LogP contribution in [0.4, 0.5) is 0 Å². The second kappa shape index (κ2) is 8.36. The van der Waals surface area contributed by atoms with Gasteiger partial charge in [0.15, 0.2) is 5.65 Å². The van der Waals surface area contributed by atoms with Crippen molar-refractivity contribution in [1.29, 1.82) is 0 Å². The smallest absolute Gasteiger partial charge is 0.226 e. The van der Waals surface area contributed by atoms with Crippen molar-refractivity contribution in [3.05, 3.63) is 28.7 Å². The van der Waals surface area contributed by atoms with Crippen molar-refractivity contribution in [2.45, 2.75) is 72.3 Å². The predicted octanol–water partition coefficient (Wildman–Crippen LogP) is 3.22. The Labute approximate surface area is 178 Å². The van der Waals surface area contributed by atoms with Crippen molar-refractivity contribution in [2.24, 2.45) is 5.92 Å². The van der Waals surface area contributed by atoms with E-state index in [2.05, 4.69) is 6.92 Å². The predicted molar refractivity (Wildman–Crippen MR) is 115 cm³/mol. The molecule has 0 unspecified atom stereocenters. The van der Waals surface area contributed by atoms with E-state index in [1.165, 1.54) is 0 Å². The zero-order valence-corrected chi connectivity index (χ0v) is 18.6. The second-order valence-electron chi connectivity index (χ2n) is 8.63. The van der Waals surface area contributed by atoms with Crippen molar-refractivity contribution in [2.75, 3.05) is 19.6 Å². The number of nitrogens with zero attached hydrogens (tertiary/aromatic N) is 5. The Hall–Kier alpha value is -2.44. The molecule has 2 aliphatic rings. The number of aromatic nitrogens is 3. The van der Waals surface area contributed by atoms with Gasteiger partial charge >= 0.3 is 0 Å². The Morgan fingerprint density at radius 2 is 1.90 bits per heavy atom. The molecule has 1 saturated heterocycles. The fourth-order valence-electron chi connectivity index (χ4n) is 4.74. The number of likely N-dealkylation sites (tertiary alicyclic amines) is 1. The molecule has 0 bridgehead atoms. The first-order valence-electron chi connectivity index (χ1n) is 11.4. The van der Waals surface area contributed by atoms with E-state index in [4.69, 9.17) is 10.1 Å². The summed E-state index contributed by atoms with van der Waals surface area (Å²) < 4.78 is 1.90. The van der Waals surface area contributed by atoms with Crippen LogP contribution in [0.15, 0.2) is 6.07 Å². The van der Waals surface area contributed by atoms with E-state index in [1.807, 2.05) is 41.2 Å². The lowest BCUT2D eigenvalue weighted by Crippen LogP contribution is -2.31. The highest BCUT2D eigenvalue weighted by molar-refractivity contribution is 5.81. The molecule has 7 heteroatoms. The number of hydrogen-bond acceptors (Lipinski definition) is 4. The molecule has 2 aromatic rings. The SMILES string of the molecule is CCN(CC)C(=O)CCc1c(C)nc2cc([C@@H]3CCCN3C(=O)C3CC3)nn2c1C. The summed E-state index contributed by atoms with van der Waals surface area (Å²) >= 11 is 0. The van der Waals surface area contributed by atoms with Gasteiger partial charge in [-0.25, -0.2) is 9.50 Å². The van der Waals surface area contributed by atoms with Crippen molar-refractivity contribution < 1.29 is 9.59 Å². The maximum absolute atomic E-state index is 12.7. The van der Waals surface area contributed by atoms with Gasteiger partial charge in [-0.3, -0.25) is 9.59 Å². The Morgan fingerprint density at radius 3 is 2.57 bits per heavy atom. The van der Waals surface area contributed by atoms with E-state index in [0.717, 1.165) is 73.6 Å². The monoisotopic (exact) mass is 411 g/mol. The highest BCUT2D eigenvalue weighted by atomic mass is 16.2. The molecule has 1 aliphatic carbocycles. The fraction of sp³-hybridized carbons (Fsp3) is 0.652. The van der Waals surface area contributed by atoms with Crippen LogP contribution >= 0.6 is 0 Å². The van der Waals surface area contributed by atoms with Crippen molar-refractivity contribution in [3.63, 3.8) is 0 Å². The summed E-state index contributed by atoms with van der Waals surface area (Å²) in [5.41, 5.74) is 4.85. The van der Waals surface area contributed by atoms with Gasteiger partial charge < -0.3 is 9.80 Å². The molecule has 0 spiro atoms. The van der Waals surface area contributed by atoms with Crippen molar-refractivity contribution >= 4 is 17.5 Å². The number of aryl methyl sites for hydroxylation is 2. The molecule has 7 nitrogen and oxygen atoms in total. The van der Waals surface area contributed by atoms with E-state index >= 15 is 0 Å². The summed E-state index contributed by atoms with van der Waals surface area (Å²) in [7, 11) is 0. The number of amides is 2. The van der Waals surface area contributed by atoms with Gasteiger partial charge in [0.1, 0.15) is 0 Å². The van der Waals surface area contributed by atoms with Gasteiger partial charge in [0.25, 0.3) is 0 Å². The first-order valence-corrected chi connectivity index (χ1v) is 11.4. The lowest BCUT2D eigenvalue weighted by molar-refractivity contribution is -0.133. The van der Waals surface area contributed by atoms with Gasteiger partial charge in [0.05, 0.1) is 11.7 Å². The molecule has 3 heterocycles. The molecule has 2 amide bonds. The molecular weight excluding hydrogens is 378 g/mol. The van der Waals surface area contributed by atoms with Crippen LogP contribution in [0, 0.1) is 19.8 Å². The van der Waals surface area contributed by atoms with Crippen LogP contribution < -0.4 is 0 Å². The van der Waals surface area contributed by atoms with E-state index in [0.29, 0.717) is 18.7 Å². The summed E-state index contributed by atoms with van der Waals surface area (Å²) in [5, 5.41) is 4.87. The minimum absolute atomic E-state index is 0.0622. The minimum atomic E-state index is 0.0622. The van der Waals surface area contributed by atoms with Gasteiger partial charge in [-0.15, -0.1) is 0 Å². The van der Waals surface area contributed by atoms with Crippen LogP contribution in [-0.4, -0.2) is 55.8 Å². The van der Waals surface area contributed by atoms with Crippen LogP contribution in [0.1, 0.15) is 74.6 Å². The third-order valence-corrected chi connectivity index (χ3v) is 6.69. The molecule has 4 rings (SSSR count). The highest BCUT2D eigenvalue weighted by Gasteiger charge is 2.39. The first-order chi connectivity index (χ1) is 14.4. The van der Waals surface area contributed by atoms with Gasteiger partial charge in [-0.1, -0.05) is 0 Å². The normalized spacial score (nSPS) is 18.9. The molecule has 1 atom stereocenters. The van der Waals surface area contributed by atoms with Gasteiger partial charge in [-0.05, 0) is 65.4 Å². The molecule has 0 aromatic carbocycles. The van der Waals surface area contributed by atoms with Crippen molar-refractivity contribution in [3.8, 4) is 0 Å². The summed E-state index contributed by atoms with van der Waals surface area (Å²) in [6.07, 6.45) is 5.20. The number of rotatable bonds is 7. The summed E-state index contributed by atoms with van der Waals surface area (Å²) in [6, 6.07) is 2.10. The van der Waals surface area contributed by atoms with Gasteiger partial charge in [0.2, 0.25) is 11.8 Å². The highest BCUT2D eigenvalue weighted by Crippen LogP contribution is 2.38. The number of fused-ring (bicyclic) bond motifs is 1. The van der Waals surface area contributed by atoms with E-state index < -0.39 is 0 Å². The van der Waals surface area contributed by atoms with E-state index in [1.54, 1.807) is 0 Å². The molecule has 0 radical (unpaired) electrons. The standard InChI is InChI=1S/C23H33N5O2/c1-5-26(6-2)22(29)12-11-18-15(3)24-21-14-19(25-28(21)16(18)4)20-8-7-13-27(20)23(30)17-9-10-17/h14,17,20H,5-13H2,1-4H3/t20-/m0/s1. The van der Waals surface area contributed by atoms with E-state index in [9.17, 15) is 9.59 Å². The maximum Gasteiger partial charge on any atom is 0.226 e. The molecule has 2 aromatic heterocycles.